The molecule has 0 saturated heterocycles. The van der Waals surface area contributed by atoms with Crippen LogP contribution in [0.1, 0.15) is 15.9 Å². The fourth-order valence-corrected chi connectivity index (χ4v) is 2.41. The number of ketones is 1. The molecule has 0 aliphatic heterocycles. The minimum atomic E-state index is 0.0453. The number of benzene rings is 3. The molecule has 3 aromatic carbocycles. The Bertz CT molecular complexity index is 766. The van der Waals surface area contributed by atoms with Crippen LogP contribution in [0.4, 0.5) is 11.4 Å². The van der Waals surface area contributed by atoms with E-state index < -0.39 is 0 Å². The molecule has 0 atom stereocenters. The lowest BCUT2D eigenvalue weighted by Crippen LogP contribution is -2.10. The van der Waals surface area contributed by atoms with Crippen molar-refractivity contribution in [2.24, 2.45) is 0 Å². The average molecular weight is 287 g/mol. The molecule has 0 radical (unpaired) electrons. The van der Waals surface area contributed by atoms with Gasteiger partial charge in [-0.3, -0.25) is 4.79 Å². The van der Waals surface area contributed by atoms with Gasteiger partial charge in [-0.05, 0) is 24.3 Å². The van der Waals surface area contributed by atoms with Crippen LogP contribution in [0.3, 0.4) is 0 Å². The summed E-state index contributed by atoms with van der Waals surface area (Å²) in [7, 11) is 2.00. The van der Waals surface area contributed by atoms with Crippen molar-refractivity contribution in [2.45, 2.75) is 0 Å². The molecule has 0 heterocycles. The number of carbonyl (C=O) groups excluding carboxylic acids is 1. The van der Waals surface area contributed by atoms with E-state index in [0.717, 1.165) is 11.4 Å². The van der Waals surface area contributed by atoms with Crippen LogP contribution in [0.15, 0.2) is 84.9 Å². The number of hydrogen-bond donors (Lipinski definition) is 0. The molecule has 0 aliphatic carbocycles. The van der Waals surface area contributed by atoms with E-state index in [4.69, 9.17) is 0 Å². The number of anilines is 2. The van der Waals surface area contributed by atoms with Crippen LogP contribution in [0.25, 0.3) is 0 Å². The van der Waals surface area contributed by atoms with E-state index in [1.165, 1.54) is 0 Å². The van der Waals surface area contributed by atoms with E-state index in [0.29, 0.717) is 11.1 Å². The lowest BCUT2D eigenvalue weighted by atomic mass is 10.0. The normalized spacial score (nSPS) is 10.2. The second-order valence-electron chi connectivity index (χ2n) is 5.14. The molecular formula is C20H17NO. The average Bonchev–Trinajstić information content (AvgIpc) is 2.62. The fraction of sp³-hybridized carbons (Fsp3) is 0.0500. The van der Waals surface area contributed by atoms with E-state index in [-0.39, 0.29) is 5.78 Å². The molecule has 2 nitrogen and oxygen atoms in total. The first kappa shape index (κ1) is 14.1. The standard InChI is InChI=1S/C20H17NO/c1-21(18-12-6-3-7-13-18)19-14-8-11-17(15-19)20(22)16-9-4-2-5-10-16/h2-15H,1H3. The molecule has 3 aromatic rings. The van der Waals surface area contributed by atoms with Gasteiger partial charge in [0.05, 0.1) is 0 Å². The van der Waals surface area contributed by atoms with Gasteiger partial charge in [0.2, 0.25) is 0 Å². The summed E-state index contributed by atoms with van der Waals surface area (Å²) in [5, 5.41) is 0. The highest BCUT2D eigenvalue weighted by Crippen LogP contribution is 2.24. The Morgan fingerprint density at radius 2 is 1.23 bits per heavy atom. The molecular weight excluding hydrogens is 270 g/mol. The van der Waals surface area contributed by atoms with Crippen LogP contribution in [0.5, 0.6) is 0 Å². The SMILES string of the molecule is CN(c1ccccc1)c1cccc(C(=O)c2ccccc2)c1. The first-order chi connectivity index (χ1) is 10.8. The minimum absolute atomic E-state index is 0.0453. The van der Waals surface area contributed by atoms with Gasteiger partial charge in [-0.1, -0.05) is 60.7 Å². The number of nitrogens with zero attached hydrogens (tertiary/aromatic N) is 1. The zero-order valence-electron chi connectivity index (χ0n) is 12.4. The fourth-order valence-electron chi connectivity index (χ4n) is 2.41. The van der Waals surface area contributed by atoms with Gasteiger partial charge in [0.15, 0.2) is 5.78 Å². The highest BCUT2D eigenvalue weighted by Gasteiger charge is 2.10. The van der Waals surface area contributed by atoms with E-state index in [1.807, 2.05) is 92.0 Å². The summed E-state index contributed by atoms with van der Waals surface area (Å²) < 4.78 is 0. The summed E-state index contributed by atoms with van der Waals surface area (Å²) in [6, 6.07) is 27.2. The van der Waals surface area contributed by atoms with E-state index in [2.05, 4.69) is 4.90 Å². The molecule has 0 aliphatic rings. The topological polar surface area (TPSA) is 20.3 Å². The number of rotatable bonds is 4. The zero-order valence-corrected chi connectivity index (χ0v) is 12.4. The predicted molar refractivity (Wildman–Crippen MR) is 90.8 cm³/mol. The maximum atomic E-state index is 12.5. The van der Waals surface area contributed by atoms with Crippen LogP contribution in [0.2, 0.25) is 0 Å². The van der Waals surface area contributed by atoms with Crippen LogP contribution < -0.4 is 4.90 Å². The molecule has 0 aromatic heterocycles. The number of para-hydroxylation sites is 1. The molecule has 0 spiro atoms. The van der Waals surface area contributed by atoms with Crippen molar-refractivity contribution in [1.29, 1.82) is 0 Å². The van der Waals surface area contributed by atoms with Crippen molar-refractivity contribution in [3.63, 3.8) is 0 Å². The van der Waals surface area contributed by atoms with Gasteiger partial charge in [-0.25, -0.2) is 0 Å². The van der Waals surface area contributed by atoms with Gasteiger partial charge in [0.25, 0.3) is 0 Å². The monoisotopic (exact) mass is 287 g/mol. The lowest BCUT2D eigenvalue weighted by Gasteiger charge is -2.20. The molecule has 0 N–H and O–H groups in total. The maximum Gasteiger partial charge on any atom is 0.193 e. The molecule has 108 valence electrons. The minimum Gasteiger partial charge on any atom is -0.345 e. The van der Waals surface area contributed by atoms with Crippen molar-refractivity contribution < 1.29 is 4.79 Å². The van der Waals surface area contributed by atoms with Crippen LogP contribution in [-0.2, 0) is 0 Å². The summed E-state index contributed by atoms with van der Waals surface area (Å²) >= 11 is 0. The molecule has 0 unspecified atom stereocenters. The first-order valence-electron chi connectivity index (χ1n) is 7.24. The Hall–Kier alpha value is -2.87. The van der Waals surface area contributed by atoms with Crippen molar-refractivity contribution in [2.75, 3.05) is 11.9 Å². The van der Waals surface area contributed by atoms with Crippen molar-refractivity contribution in [3.8, 4) is 0 Å². The van der Waals surface area contributed by atoms with Crippen LogP contribution in [-0.4, -0.2) is 12.8 Å². The van der Waals surface area contributed by atoms with Crippen molar-refractivity contribution in [3.05, 3.63) is 96.1 Å². The first-order valence-corrected chi connectivity index (χ1v) is 7.24. The van der Waals surface area contributed by atoms with Gasteiger partial charge in [-0.15, -0.1) is 0 Å². The Balaban J connectivity index is 1.92. The Kier molecular flexibility index (Phi) is 4.01. The lowest BCUT2D eigenvalue weighted by molar-refractivity contribution is 0.103. The summed E-state index contributed by atoms with van der Waals surface area (Å²) in [6.07, 6.45) is 0. The van der Waals surface area contributed by atoms with Crippen LogP contribution in [0, 0.1) is 0 Å². The third-order valence-electron chi connectivity index (χ3n) is 3.68. The highest BCUT2D eigenvalue weighted by molar-refractivity contribution is 6.09. The van der Waals surface area contributed by atoms with E-state index >= 15 is 0 Å². The van der Waals surface area contributed by atoms with Crippen molar-refractivity contribution in [1.82, 2.24) is 0 Å². The number of hydrogen-bond acceptors (Lipinski definition) is 2. The Labute approximate surface area is 130 Å². The van der Waals surface area contributed by atoms with Gasteiger partial charge in [-0.2, -0.15) is 0 Å². The van der Waals surface area contributed by atoms with Crippen LogP contribution >= 0.6 is 0 Å². The molecule has 0 amide bonds. The smallest absolute Gasteiger partial charge is 0.193 e. The molecule has 2 heteroatoms. The number of carbonyl (C=O) groups is 1. The Morgan fingerprint density at radius 3 is 1.91 bits per heavy atom. The summed E-state index contributed by atoms with van der Waals surface area (Å²) in [5.74, 6) is 0.0453. The molecule has 3 rings (SSSR count). The predicted octanol–water partition coefficient (Wildman–Crippen LogP) is 4.69. The maximum absolute atomic E-state index is 12.5. The van der Waals surface area contributed by atoms with Crippen molar-refractivity contribution >= 4 is 17.2 Å². The Morgan fingerprint density at radius 1 is 0.682 bits per heavy atom. The molecule has 22 heavy (non-hydrogen) atoms. The third kappa shape index (κ3) is 2.91. The van der Waals surface area contributed by atoms with Gasteiger partial charge >= 0.3 is 0 Å². The van der Waals surface area contributed by atoms with Gasteiger partial charge < -0.3 is 4.90 Å². The van der Waals surface area contributed by atoms with E-state index in [1.54, 1.807) is 0 Å². The largest absolute Gasteiger partial charge is 0.345 e. The summed E-state index contributed by atoms with van der Waals surface area (Å²) in [5.41, 5.74) is 3.49. The third-order valence-corrected chi connectivity index (χ3v) is 3.68. The molecule has 0 saturated carbocycles. The van der Waals surface area contributed by atoms with Gasteiger partial charge in [0.1, 0.15) is 0 Å². The second kappa shape index (κ2) is 6.27. The molecule has 0 fully saturated rings. The zero-order chi connectivity index (χ0) is 15.4. The molecule has 0 bridgehead atoms. The van der Waals surface area contributed by atoms with Gasteiger partial charge in [0, 0.05) is 29.5 Å². The van der Waals surface area contributed by atoms with E-state index in [9.17, 15) is 4.79 Å². The quantitative estimate of drug-likeness (QED) is 0.649. The highest BCUT2D eigenvalue weighted by atomic mass is 16.1. The summed E-state index contributed by atoms with van der Waals surface area (Å²) in [6.45, 7) is 0. The summed E-state index contributed by atoms with van der Waals surface area (Å²) in [4.78, 5) is 14.6. The second-order valence-corrected chi connectivity index (χ2v) is 5.14.